The van der Waals surface area contributed by atoms with Crippen LogP contribution in [0.1, 0.15) is 19.8 Å². The van der Waals surface area contributed by atoms with Crippen molar-refractivity contribution in [2.45, 2.75) is 19.8 Å². The Kier molecular flexibility index (Phi) is 5.84. The van der Waals surface area contributed by atoms with Gasteiger partial charge in [0.15, 0.2) is 0 Å². The van der Waals surface area contributed by atoms with Crippen LogP contribution in [-0.2, 0) is 9.59 Å². The van der Waals surface area contributed by atoms with E-state index in [1.54, 1.807) is 6.92 Å². The van der Waals surface area contributed by atoms with E-state index in [4.69, 9.17) is 11.6 Å². The van der Waals surface area contributed by atoms with Gasteiger partial charge in [-0.05, 0) is 0 Å². The Bertz CT molecular complexity index is 147. The molecule has 0 atom stereocenters. The van der Waals surface area contributed by atoms with E-state index in [2.05, 4.69) is 5.32 Å². The van der Waals surface area contributed by atoms with Crippen LogP contribution in [0.15, 0.2) is 0 Å². The molecule has 4 heteroatoms. The van der Waals surface area contributed by atoms with Crippen LogP contribution in [-0.4, -0.2) is 24.1 Å². The summed E-state index contributed by atoms with van der Waals surface area (Å²) in [5.74, 6) is 0.0982. The van der Waals surface area contributed by atoms with Gasteiger partial charge in [-0.25, -0.2) is 0 Å². The summed E-state index contributed by atoms with van der Waals surface area (Å²) in [5.41, 5.74) is 0. The van der Waals surface area contributed by atoms with Crippen LogP contribution < -0.4 is 5.32 Å². The van der Waals surface area contributed by atoms with E-state index in [-0.39, 0.29) is 18.1 Å². The topological polar surface area (TPSA) is 46.2 Å². The quantitative estimate of drug-likeness (QED) is 0.497. The maximum Gasteiger partial charge on any atom is 0.227 e. The summed E-state index contributed by atoms with van der Waals surface area (Å²) in [7, 11) is 0. The number of halogens is 1. The van der Waals surface area contributed by atoms with Crippen molar-refractivity contribution in [2.75, 3.05) is 12.4 Å². The van der Waals surface area contributed by atoms with Crippen LogP contribution in [0.2, 0.25) is 0 Å². The fraction of sp³-hybridized carbons (Fsp3) is 0.714. The molecule has 11 heavy (non-hydrogen) atoms. The summed E-state index contributed by atoms with van der Waals surface area (Å²) in [6.45, 7) is 2.16. The summed E-state index contributed by atoms with van der Waals surface area (Å²) >= 11 is 5.32. The van der Waals surface area contributed by atoms with Gasteiger partial charge >= 0.3 is 0 Å². The minimum Gasteiger partial charge on any atom is -0.355 e. The maximum absolute atomic E-state index is 10.8. The summed E-state index contributed by atoms with van der Waals surface area (Å²) in [4.78, 5) is 21.5. The first-order valence-corrected chi connectivity index (χ1v) is 4.08. The highest BCUT2D eigenvalue weighted by Crippen LogP contribution is 1.87. The number of Topliss-reactive ketones (excluding diaryl/α,β-unsaturated/α-hetero) is 1. The van der Waals surface area contributed by atoms with E-state index in [9.17, 15) is 9.59 Å². The highest BCUT2D eigenvalue weighted by Gasteiger charge is 2.05. The van der Waals surface area contributed by atoms with Gasteiger partial charge in [0.05, 0.1) is 6.42 Å². The van der Waals surface area contributed by atoms with Gasteiger partial charge in [0.1, 0.15) is 5.78 Å². The highest BCUT2D eigenvalue weighted by molar-refractivity contribution is 6.18. The molecular weight excluding hydrogens is 166 g/mol. The first-order valence-electron chi connectivity index (χ1n) is 3.55. The second kappa shape index (κ2) is 6.16. The third kappa shape index (κ3) is 5.85. The van der Waals surface area contributed by atoms with Crippen LogP contribution in [0.4, 0.5) is 0 Å². The lowest BCUT2D eigenvalue weighted by Gasteiger charge is -1.99. The number of rotatable bonds is 5. The van der Waals surface area contributed by atoms with Crippen molar-refractivity contribution in [3.8, 4) is 0 Å². The predicted molar refractivity (Wildman–Crippen MR) is 43.6 cm³/mol. The Morgan fingerprint density at radius 2 is 2.09 bits per heavy atom. The Morgan fingerprint density at radius 3 is 2.55 bits per heavy atom. The molecule has 0 aliphatic heterocycles. The number of amides is 1. The third-order valence-electron chi connectivity index (χ3n) is 1.17. The lowest BCUT2D eigenvalue weighted by atomic mass is 10.2. The molecule has 1 amide bonds. The summed E-state index contributed by atoms with van der Waals surface area (Å²) in [6.07, 6.45) is 0.391. The van der Waals surface area contributed by atoms with Crippen molar-refractivity contribution >= 4 is 23.3 Å². The van der Waals surface area contributed by atoms with Crippen molar-refractivity contribution in [1.29, 1.82) is 0 Å². The van der Waals surface area contributed by atoms with Gasteiger partial charge in [0.2, 0.25) is 5.91 Å². The van der Waals surface area contributed by atoms with E-state index in [1.807, 2.05) is 0 Å². The molecule has 0 bridgehead atoms. The second-order valence-electron chi connectivity index (χ2n) is 2.11. The maximum atomic E-state index is 10.8. The molecule has 0 radical (unpaired) electrons. The lowest BCUT2D eigenvalue weighted by molar-refractivity contribution is -0.127. The van der Waals surface area contributed by atoms with E-state index in [0.29, 0.717) is 18.8 Å². The van der Waals surface area contributed by atoms with Gasteiger partial charge < -0.3 is 5.32 Å². The van der Waals surface area contributed by atoms with Gasteiger partial charge in [-0.15, -0.1) is 11.6 Å². The van der Waals surface area contributed by atoms with Crippen molar-refractivity contribution in [3.05, 3.63) is 0 Å². The molecule has 0 spiro atoms. The van der Waals surface area contributed by atoms with E-state index in [0.717, 1.165) is 0 Å². The minimum absolute atomic E-state index is 0.0204. The number of carbonyl (C=O) groups is 2. The highest BCUT2D eigenvalue weighted by atomic mass is 35.5. The van der Waals surface area contributed by atoms with E-state index < -0.39 is 0 Å². The molecule has 0 aromatic rings. The molecule has 64 valence electrons. The zero-order valence-corrected chi connectivity index (χ0v) is 7.28. The number of alkyl halides is 1. The predicted octanol–water partition coefficient (Wildman–Crippen LogP) is 0.711. The summed E-state index contributed by atoms with van der Waals surface area (Å²) in [5, 5.41) is 2.51. The average molecular weight is 178 g/mol. The molecule has 0 rings (SSSR count). The number of hydrogen-bond acceptors (Lipinski definition) is 2. The number of ketones is 1. The van der Waals surface area contributed by atoms with Gasteiger partial charge in [-0.2, -0.15) is 0 Å². The molecule has 3 nitrogen and oxygen atoms in total. The van der Waals surface area contributed by atoms with Gasteiger partial charge in [0, 0.05) is 18.8 Å². The largest absolute Gasteiger partial charge is 0.355 e. The Balaban J connectivity index is 3.44. The van der Waals surface area contributed by atoms with Crippen LogP contribution in [0, 0.1) is 0 Å². The second-order valence-corrected chi connectivity index (χ2v) is 2.49. The first kappa shape index (κ1) is 10.4. The molecule has 1 N–H and O–H groups in total. The number of nitrogens with one attached hydrogen (secondary N) is 1. The smallest absolute Gasteiger partial charge is 0.227 e. The Morgan fingerprint density at radius 1 is 1.45 bits per heavy atom. The van der Waals surface area contributed by atoms with Gasteiger partial charge in [0.25, 0.3) is 0 Å². The summed E-state index contributed by atoms with van der Waals surface area (Å²) in [6, 6.07) is 0. The van der Waals surface area contributed by atoms with Crippen LogP contribution in [0.5, 0.6) is 0 Å². The first-order chi connectivity index (χ1) is 5.20. The van der Waals surface area contributed by atoms with Crippen LogP contribution >= 0.6 is 11.6 Å². The van der Waals surface area contributed by atoms with Gasteiger partial charge in [-0.3, -0.25) is 9.59 Å². The summed E-state index contributed by atoms with van der Waals surface area (Å²) < 4.78 is 0. The Labute approximate surface area is 71.1 Å². The number of hydrogen-bond donors (Lipinski definition) is 1. The van der Waals surface area contributed by atoms with Crippen molar-refractivity contribution in [2.24, 2.45) is 0 Å². The molecule has 0 unspecified atom stereocenters. The molecule has 0 fully saturated rings. The molecule has 0 aliphatic rings. The molecule has 0 saturated carbocycles. The SMILES string of the molecule is CCC(=O)CC(=O)NCCCl. The molecule has 0 saturated heterocycles. The van der Waals surface area contributed by atoms with E-state index in [1.165, 1.54) is 0 Å². The van der Waals surface area contributed by atoms with Crippen LogP contribution in [0.3, 0.4) is 0 Å². The monoisotopic (exact) mass is 177 g/mol. The van der Waals surface area contributed by atoms with Crippen molar-refractivity contribution < 1.29 is 9.59 Å². The third-order valence-corrected chi connectivity index (χ3v) is 1.36. The molecule has 0 aromatic carbocycles. The fourth-order valence-corrected chi connectivity index (χ4v) is 0.648. The Hall–Kier alpha value is -0.570. The zero-order valence-electron chi connectivity index (χ0n) is 6.52. The molecule has 0 aromatic heterocycles. The van der Waals surface area contributed by atoms with Crippen molar-refractivity contribution in [3.63, 3.8) is 0 Å². The van der Waals surface area contributed by atoms with Crippen molar-refractivity contribution in [1.82, 2.24) is 5.32 Å². The standard InChI is InChI=1S/C7H12ClNO2/c1-2-6(10)5-7(11)9-4-3-8/h2-5H2,1H3,(H,9,11). The zero-order chi connectivity index (χ0) is 8.69. The number of carbonyl (C=O) groups excluding carboxylic acids is 2. The lowest BCUT2D eigenvalue weighted by Crippen LogP contribution is -2.27. The van der Waals surface area contributed by atoms with E-state index >= 15 is 0 Å². The average Bonchev–Trinajstić information content (AvgIpc) is 2.00. The molecule has 0 heterocycles. The molecular formula is C7H12ClNO2. The van der Waals surface area contributed by atoms with Crippen LogP contribution in [0.25, 0.3) is 0 Å². The fourth-order valence-electron chi connectivity index (χ4n) is 0.553. The normalized spacial score (nSPS) is 9.27. The minimum atomic E-state index is -0.238. The van der Waals surface area contributed by atoms with Gasteiger partial charge in [-0.1, -0.05) is 6.92 Å². The molecule has 0 aliphatic carbocycles.